The first kappa shape index (κ1) is 21.0. The van der Waals surface area contributed by atoms with Crippen LogP contribution < -0.4 is 15.1 Å². The van der Waals surface area contributed by atoms with E-state index < -0.39 is 7.49 Å². The highest BCUT2D eigenvalue weighted by molar-refractivity contribution is 7.99. The molecule has 0 saturated heterocycles. The van der Waals surface area contributed by atoms with E-state index in [1.807, 2.05) is 105 Å². The zero-order valence-electron chi connectivity index (χ0n) is 18.1. The van der Waals surface area contributed by atoms with Gasteiger partial charge in [-0.25, -0.2) is 4.79 Å². The highest BCUT2D eigenvalue weighted by Crippen LogP contribution is 2.60. The average Bonchev–Trinajstić information content (AvgIpc) is 2.78. The molecular formula is C28H26O2P+. The zero-order chi connectivity index (χ0) is 21.8. The van der Waals surface area contributed by atoms with Crippen LogP contribution >= 0.6 is 7.49 Å². The van der Waals surface area contributed by atoms with Crippen LogP contribution in [0.5, 0.6) is 5.75 Å². The molecule has 0 bridgehead atoms. The summed E-state index contributed by atoms with van der Waals surface area (Å²) in [6.45, 7) is 6.09. The highest BCUT2D eigenvalue weighted by atomic mass is 31.2. The fourth-order valence-electron chi connectivity index (χ4n) is 4.12. The predicted octanol–water partition coefficient (Wildman–Crippen LogP) is 6.41. The fraction of sp³-hybridized carbons (Fsp3) is 0.107. The van der Waals surface area contributed by atoms with Gasteiger partial charge >= 0.3 is 13.0 Å². The maximum absolute atomic E-state index is 14.5. The van der Waals surface area contributed by atoms with E-state index in [9.17, 15) is 4.79 Å². The summed E-state index contributed by atoms with van der Waals surface area (Å²) in [5.41, 5.74) is 3.91. The van der Waals surface area contributed by atoms with Gasteiger partial charge in [0.05, 0.1) is 5.56 Å². The van der Waals surface area contributed by atoms with Gasteiger partial charge in [0.2, 0.25) is 0 Å². The summed E-state index contributed by atoms with van der Waals surface area (Å²) in [7, 11) is -2.94. The summed E-state index contributed by atoms with van der Waals surface area (Å²) in [6, 6.07) is 33.7. The van der Waals surface area contributed by atoms with Crippen molar-refractivity contribution in [2.75, 3.05) is 0 Å². The molecular weight excluding hydrogens is 399 g/mol. The van der Waals surface area contributed by atoms with Crippen molar-refractivity contribution < 1.29 is 9.32 Å². The molecule has 31 heavy (non-hydrogen) atoms. The number of aryl methyl sites for hydroxylation is 3. The van der Waals surface area contributed by atoms with E-state index in [1.54, 1.807) is 0 Å². The molecule has 0 N–H and O–H groups in total. The van der Waals surface area contributed by atoms with Gasteiger partial charge in [-0.15, -0.1) is 0 Å². The lowest BCUT2D eigenvalue weighted by Gasteiger charge is -2.25. The Morgan fingerprint density at radius 3 is 1.52 bits per heavy atom. The van der Waals surface area contributed by atoms with Gasteiger partial charge in [0, 0.05) is 0 Å². The second kappa shape index (κ2) is 8.88. The Labute approximate surface area is 185 Å². The van der Waals surface area contributed by atoms with E-state index in [0.717, 1.165) is 32.9 Å². The van der Waals surface area contributed by atoms with E-state index in [-0.39, 0.29) is 5.52 Å². The number of carbonyl (C=O) groups excluding carboxylic acids is 1. The molecule has 0 heterocycles. The SMILES string of the molecule is Cc1cc(C)c(C(=O)[P+](Oc2ccccc2)(c2ccccc2)c2ccccc2)c(C)c1. The van der Waals surface area contributed by atoms with Gasteiger partial charge in [-0.2, -0.15) is 0 Å². The van der Waals surface area contributed by atoms with Crippen LogP contribution in [0, 0.1) is 20.8 Å². The molecule has 0 aliphatic heterocycles. The Bertz CT molecular complexity index is 1120. The first-order valence-corrected chi connectivity index (χ1v) is 12.1. The molecule has 2 nitrogen and oxygen atoms in total. The minimum Gasteiger partial charge on any atom is -0.331 e. The Morgan fingerprint density at radius 1 is 0.645 bits per heavy atom. The molecule has 0 aliphatic carbocycles. The van der Waals surface area contributed by atoms with Gasteiger partial charge in [-0.05, 0) is 68.3 Å². The van der Waals surface area contributed by atoms with Crippen molar-refractivity contribution in [2.24, 2.45) is 0 Å². The Morgan fingerprint density at radius 2 is 1.06 bits per heavy atom. The van der Waals surface area contributed by atoms with E-state index in [2.05, 4.69) is 19.1 Å². The first-order valence-electron chi connectivity index (χ1n) is 10.4. The van der Waals surface area contributed by atoms with Crippen LogP contribution in [0.2, 0.25) is 0 Å². The van der Waals surface area contributed by atoms with Crippen molar-refractivity contribution in [1.29, 1.82) is 0 Å². The molecule has 0 aromatic heterocycles. The molecule has 0 amide bonds. The normalized spacial score (nSPS) is 11.2. The van der Waals surface area contributed by atoms with Crippen LogP contribution in [0.15, 0.2) is 103 Å². The summed E-state index contributed by atoms with van der Waals surface area (Å²) in [6.07, 6.45) is 0. The third-order valence-electron chi connectivity index (χ3n) is 5.40. The summed E-state index contributed by atoms with van der Waals surface area (Å²) in [4.78, 5) is 14.5. The lowest BCUT2D eigenvalue weighted by Crippen LogP contribution is -2.33. The van der Waals surface area contributed by atoms with Crippen molar-refractivity contribution in [1.82, 2.24) is 0 Å². The Balaban J connectivity index is 2.03. The molecule has 0 unspecified atom stereocenters. The number of benzene rings is 4. The van der Waals surface area contributed by atoms with Gasteiger partial charge in [0.15, 0.2) is 5.75 Å². The van der Waals surface area contributed by atoms with E-state index in [4.69, 9.17) is 4.52 Å². The summed E-state index contributed by atoms with van der Waals surface area (Å²) < 4.78 is 6.79. The second-order valence-corrected chi connectivity index (χ2v) is 10.6. The minimum absolute atomic E-state index is 0.0451. The van der Waals surface area contributed by atoms with Crippen LogP contribution in [0.25, 0.3) is 0 Å². The van der Waals surface area contributed by atoms with Crippen molar-refractivity contribution >= 4 is 23.6 Å². The summed E-state index contributed by atoms with van der Waals surface area (Å²) in [5.74, 6) is 0.694. The number of carbonyl (C=O) groups is 1. The van der Waals surface area contributed by atoms with Crippen LogP contribution in [-0.4, -0.2) is 5.52 Å². The second-order valence-electron chi connectivity index (χ2n) is 7.76. The largest absolute Gasteiger partial charge is 0.347 e. The number of para-hydroxylation sites is 1. The molecule has 154 valence electrons. The van der Waals surface area contributed by atoms with Crippen LogP contribution in [0.1, 0.15) is 27.0 Å². The Kier molecular flexibility index (Phi) is 6.02. The summed E-state index contributed by atoms with van der Waals surface area (Å²) in [5, 5.41) is 1.82. The highest BCUT2D eigenvalue weighted by Gasteiger charge is 2.56. The molecule has 0 aliphatic rings. The van der Waals surface area contributed by atoms with Gasteiger partial charge < -0.3 is 4.52 Å². The molecule has 0 fully saturated rings. The van der Waals surface area contributed by atoms with Crippen molar-refractivity contribution in [3.8, 4) is 5.75 Å². The topological polar surface area (TPSA) is 26.3 Å². The monoisotopic (exact) mass is 425 g/mol. The molecule has 4 aromatic carbocycles. The molecule has 0 atom stereocenters. The van der Waals surface area contributed by atoms with Crippen LogP contribution in [0.4, 0.5) is 0 Å². The van der Waals surface area contributed by atoms with Gasteiger partial charge in [0.1, 0.15) is 10.6 Å². The van der Waals surface area contributed by atoms with Crippen LogP contribution in [-0.2, 0) is 0 Å². The van der Waals surface area contributed by atoms with Crippen molar-refractivity contribution in [2.45, 2.75) is 20.8 Å². The summed E-state index contributed by atoms with van der Waals surface area (Å²) >= 11 is 0. The molecule has 0 saturated carbocycles. The third kappa shape index (κ3) is 4.04. The standard InChI is InChI=1S/C28H26O2P/c1-21-19-22(2)27(23(3)20-21)28(29)31(25-15-9-5-10-16-25,26-17-11-6-12-18-26)30-24-13-7-4-8-14-24/h4-20H,1-3H3/q+1. The zero-order valence-corrected chi connectivity index (χ0v) is 19.0. The number of hydrogen-bond donors (Lipinski definition) is 0. The van der Waals surface area contributed by atoms with Crippen LogP contribution in [0.3, 0.4) is 0 Å². The molecule has 4 rings (SSSR count). The third-order valence-corrected chi connectivity index (χ3v) is 8.73. The van der Waals surface area contributed by atoms with Gasteiger partial charge in [-0.3, -0.25) is 0 Å². The minimum atomic E-state index is -2.94. The predicted molar refractivity (Wildman–Crippen MR) is 131 cm³/mol. The smallest absolute Gasteiger partial charge is 0.331 e. The number of rotatable bonds is 6. The maximum atomic E-state index is 14.5. The molecule has 0 spiro atoms. The molecule has 4 aromatic rings. The quantitative estimate of drug-likeness (QED) is 0.334. The fourth-order valence-corrected chi connectivity index (χ4v) is 7.47. The van der Waals surface area contributed by atoms with Crippen molar-refractivity contribution in [3.05, 3.63) is 125 Å². The van der Waals surface area contributed by atoms with Crippen molar-refractivity contribution in [3.63, 3.8) is 0 Å². The van der Waals surface area contributed by atoms with E-state index in [0.29, 0.717) is 5.75 Å². The van der Waals surface area contributed by atoms with E-state index >= 15 is 0 Å². The molecule has 0 radical (unpaired) electrons. The van der Waals surface area contributed by atoms with E-state index in [1.165, 1.54) is 0 Å². The maximum Gasteiger partial charge on any atom is 0.347 e. The lowest BCUT2D eigenvalue weighted by atomic mass is 10.0. The average molecular weight is 425 g/mol. The first-order chi connectivity index (χ1) is 15.0. The van der Waals surface area contributed by atoms with Gasteiger partial charge in [0.25, 0.3) is 0 Å². The Hall–Kier alpha value is -3.22. The molecule has 3 heteroatoms. The number of hydrogen-bond acceptors (Lipinski definition) is 2. The van der Waals surface area contributed by atoms with Gasteiger partial charge in [-0.1, -0.05) is 72.3 Å². The lowest BCUT2D eigenvalue weighted by molar-refractivity contribution is 0.107.